The Morgan fingerprint density at radius 2 is 1.54 bits per heavy atom. The average molecular weight is 707 g/mol. The highest BCUT2D eigenvalue weighted by Crippen LogP contribution is 2.21. The van der Waals surface area contributed by atoms with Crippen molar-refractivity contribution in [1.29, 1.82) is 0 Å². The second kappa shape index (κ2) is 20.0. The molecule has 0 aromatic heterocycles. The van der Waals surface area contributed by atoms with Gasteiger partial charge in [0.05, 0.1) is 17.3 Å². The number of primary amides is 1. The SMILES string of the molecule is CCOC(=O)CN(NC(=O)C(NC(=O)CC(C)(C)C)c1ccccc1)C(=O)/C=C/C(=O)NCc1ccccc1.NC(=O)c1ccc(N)c(Cl)c1. The normalized spacial score (nSPS) is 11.3. The van der Waals surface area contributed by atoms with Crippen molar-refractivity contribution in [2.24, 2.45) is 11.1 Å². The van der Waals surface area contributed by atoms with E-state index in [1.165, 1.54) is 12.1 Å². The van der Waals surface area contributed by atoms with E-state index in [1.807, 2.05) is 51.1 Å². The molecule has 14 heteroatoms. The minimum atomic E-state index is -1.14. The summed E-state index contributed by atoms with van der Waals surface area (Å²) < 4.78 is 4.92. The van der Waals surface area contributed by atoms with Crippen LogP contribution in [0.1, 0.15) is 61.6 Å². The molecule has 0 saturated carbocycles. The standard InChI is InChI=1S/C29H36N4O6.C7H7ClN2O/c1-5-39-26(37)20-33(25(36)17-16-23(34)30-19-21-12-8-6-9-13-21)32-28(38)27(22-14-10-7-11-15-22)31-24(35)18-29(2,3)4;8-5-3-4(7(10)11)1-2-6(5)9/h6-17,27H,5,18-20H2,1-4H3,(H,30,34)(H,31,35)(H,32,38);1-3H,9H2,(H2,10,11)/b17-16+;. The summed E-state index contributed by atoms with van der Waals surface area (Å²) in [5.41, 5.74) is 14.6. The van der Waals surface area contributed by atoms with Gasteiger partial charge in [0.2, 0.25) is 17.7 Å². The van der Waals surface area contributed by atoms with Gasteiger partial charge in [0.15, 0.2) is 0 Å². The van der Waals surface area contributed by atoms with E-state index in [0.29, 0.717) is 21.8 Å². The van der Waals surface area contributed by atoms with Crippen LogP contribution in [0.15, 0.2) is 91.0 Å². The number of anilines is 1. The van der Waals surface area contributed by atoms with Crippen LogP contribution < -0.4 is 27.5 Å². The molecular weight excluding hydrogens is 664 g/mol. The number of hydrogen-bond donors (Lipinski definition) is 5. The number of halogens is 1. The molecule has 3 aromatic carbocycles. The summed E-state index contributed by atoms with van der Waals surface area (Å²) in [6.07, 6.45) is 2.11. The van der Waals surface area contributed by atoms with Gasteiger partial charge in [-0.15, -0.1) is 0 Å². The monoisotopic (exact) mass is 706 g/mol. The number of carbonyl (C=O) groups is 6. The van der Waals surface area contributed by atoms with Gasteiger partial charge in [-0.05, 0) is 41.7 Å². The Morgan fingerprint density at radius 1 is 0.920 bits per heavy atom. The fourth-order valence-corrected chi connectivity index (χ4v) is 4.29. The maximum absolute atomic E-state index is 13.3. The third-order valence-corrected chi connectivity index (χ3v) is 6.79. The van der Waals surface area contributed by atoms with Gasteiger partial charge in [-0.2, -0.15) is 0 Å². The molecule has 7 N–H and O–H groups in total. The van der Waals surface area contributed by atoms with E-state index in [9.17, 15) is 28.8 Å². The largest absolute Gasteiger partial charge is 0.465 e. The van der Waals surface area contributed by atoms with E-state index in [2.05, 4.69) is 16.1 Å². The van der Waals surface area contributed by atoms with E-state index in [0.717, 1.165) is 22.7 Å². The molecular formula is C36H43ClN6O7. The molecule has 0 bridgehead atoms. The van der Waals surface area contributed by atoms with Crippen molar-refractivity contribution in [2.75, 3.05) is 18.9 Å². The molecule has 0 aliphatic rings. The number of hydrazine groups is 1. The van der Waals surface area contributed by atoms with E-state index in [-0.39, 0.29) is 30.9 Å². The molecule has 3 rings (SSSR count). The molecule has 1 atom stereocenters. The lowest BCUT2D eigenvalue weighted by molar-refractivity contribution is -0.151. The van der Waals surface area contributed by atoms with Crippen LogP contribution in [-0.4, -0.2) is 53.7 Å². The second-order valence-corrected chi connectivity index (χ2v) is 12.4. The molecule has 0 saturated heterocycles. The molecule has 0 fully saturated rings. The number of benzene rings is 3. The van der Waals surface area contributed by atoms with Crippen LogP contribution in [0.5, 0.6) is 0 Å². The molecule has 1 unspecified atom stereocenters. The first-order chi connectivity index (χ1) is 23.6. The number of nitrogens with zero attached hydrogens (tertiary/aromatic N) is 1. The minimum absolute atomic E-state index is 0.0715. The fraction of sp³-hybridized carbons (Fsp3) is 0.278. The lowest BCUT2D eigenvalue weighted by Gasteiger charge is -2.26. The molecule has 0 aliphatic heterocycles. The van der Waals surface area contributed by atoms with Crippen molar-refractivity contribution in [2.45, 2.75) is 46.7 Å². The van der Waals surface area contributed by atoms with Gasteiger partial charge < -0.3 is 26.8 Å². The van der Waals surface area contributed by atoms with Crippen LogP contribution in [0.4, 0.5) is 5.69 Å². The summed E-state index contributed by atoms with van der Waals surface area (Å²) >= 11 is 5.63. The van der Waals surface area contributed by atoms with E-state index in [1.54, 1.807) is 43.3 Å². The van der Waals surface area contributed by atoms with Crippen LogP contribution in [0.25, 0.3) is 0 Å². The number of amides is 5. The Bertz CT molecular complexity index is 1660. The molecule has 3 aromatic rings. The number of esters is 1. The summed E-state index contributed by atoms with van der Waals surface area (Å²) in [5.74, 6) is -3.74. The Morgan fingerprint density at radius 3 is 2.10 bits per heavy atom. The van der Waals surface area contributed by atoms with Crippen LogP contribution in [-0.2, 0) is 35.3 Å². The molecule has 0 aliphatic carbocycles. The molecule has 50 heavy (non-hydrogen) atoms. The number of nitrogen functional groups attached to an aromatic ring is 1. The van der Waals surface area contributed by atoms with Crippen LogP contribution in [0.3, 0.4) is 0 Å². The van der Waals surface area contributed by atoms with Crippen LogP contribution in [0, 0.1) is 5.41 Å². The number of hydrogen-bond acceptors (Lipinski definition) is 8. The van der Waals surface area contributed by atoms with E-state index in [4.69, 9.17) is 27.8 Å². The Balaban J connectivity index is 0.000000666. The Labute approximate surface area is 296 Å². The topological polar surface area (TPSA) is 203 Å². The maximum atomic E-state index is 13.3. The molecule has 0 spiro atoms. The van der Waals surface area contributed by atoms with Gasteiger partial charge in [0.25, 0.3) is 11.8 Å². The predicted octanol–water partition coefficient (Wildman–Crippen LogP) is 3.60. The zero-order valence-electron chi connectivity index (χ0n) is 28.4. The van der Waals surface area contributed by atoms with Gasteiger partial charge in [-0.25, -0.2) is 5.01 Å². The summed E-state index contributed by atoms with van der Waals surface area (Å²) in [6.45, 7) is 7.02. The summed E-state index contributed by atoms with van der Waals surface area (Å²) in [4.78, 5) is 73.9. The predicted molar refractivity (Wildman–Crippen MR) is 190 cm³/mol. The minimum Gasteiger partial charge on any atom is -0.465 e. The first-order valence-corrected chi connectivity index (χ1v) is 15.9. The number of carbonyl (C=O) groups excluding carboxylic acids is 6. The fourth-order valence-electron chi connectivity index (χ4n) is 4.11. The third-order valence-electron chi connectivity index (χ3n) is 6.47. The second-order valence-electron chi connectivity index (χ2n) is 12.0. The van der Waals surface area contributed by atoms with Crippen molar-refractivity contribution < 1.29 is 33.5 Å². The molecule has 0 radical (unpaired) electrons. The zero-order valence-corrected chi connectivity index (χ0v) is 29.2. The zero-order chi connectivity index (χ0) is 37.3. The first-order valence-electron chi connectivity index (χ1n) is 15.6. The first kappa shape index (κ1) is 40.5. The van der Waals surface area contributed by atoms with Crippen molar-refractivity contribution >= 4 is 52.8 Å². The maximum Gasteiger partial charge on any atom is 0.327 e. The highest BCUT2D eigenvalue weighted by molar-refractivity contribution is 6.33. The van der Waals surface area contributed by atoms with Gasteiger partial charge >= 0.3 is 5.97 Å². The number of ether oxygens (including phenoxy) is 1. The van der Waals surface area contributed by atoms with Gasteiger partial charge in [0.1, 0.15) is 12.6 Å². The number of nitrogens with one attached hydrogen (secondary N) is 3. The molecule has 5 amide bonds. The molecule has 266 valence electrons. The van der Waals surface area contributed by atoms with Crippen LogP contribution in [0.2, 0.25) is 5.02 Å². The van der Waals surface area contributed by atoms with Gasteiger partial charge in [-0.1, -0.05) is 93.0 Å². The van der Waals surface area contributed by atoms with Crippen molar-refractivity contribution in [1.82, 2.24) is 21.1 Å². The molecule has 0 heterocycles. The summed E-state index contributed by atoms with van der Waals surface area (Å²) in [5, 5.41) is 6.45. The lowest BCUT2D eigenvalue weighted by Crippen LogP contribution is -2.52. The third kappa shape index (κ3) is 15.0. The van der Waals surface area contributed by atoms with Crippen molar-refractivity contribution in [3.05, 3.63) is 113 Å². The van der Waals surface area contributed by atoms with Crippen molar-refractivity contribution in [3.8, 4) is 0 Å². The lowest BCUT2D eigenvalue weighted by atomic mass is 9.91. The van der Waals surface area contributed by atoms with Crippen molar-refractivity contribution in [3.63, 3.8) is 0 Å². The number of nitrogens with two attached hydrogens (primary N) is 2. The molecule has 13 nitrogen and oxygen atoms in total. The van der Waals surface area contributed by atoms with Crippen LogP contribution >= 0.6 is 11.6 Å². The van der Waals surface area contributed by atoms with Gasteiger partial charge in [0, 0.05) is 30.7 Å². The van der Waals surface area contributed by atoms with Gasteiger partial charge in [-0.3, -0.25) is 34.2 Å². The number of rotatable bonds is 12. The Kier molecular flexibility index (Phi) is 16.2. The highest BCUT2D eigenvalue weighted by atomic mass is 35.5. The average Bonchev–Trinajstić information content (AvgIpc) is 3.06. The van der Waals surface area contributed by atoms with E-state index >= 15 is 0 Å². The smallest absolute Gasteiger partial charge is 0.327 e. The quantitative estimate of drug-likeness (QED) is 0.0813. The summed E-state index contributed by atoms with van der Waals surface area (Å²) in [7, 11) is 0. The van der Waals surface area contributed by atoms with E-state index < -0.39 is 42.2 Å². The Hall–Kier alpha value is -5.69. The summed E-state index contributed by atoms with van der Waals surface area (Å²) in [6, 6.07) is 21.1. The highest BCUT2D eigenvalue weighted by Gasteiger charge is 2.28.